The summed E-state index contributed by atoms with van der Waals surface area (Å²) in [6.07, 6.45) is 3.61. The van der Waals surface area contributed by atoms with E-state index >= 15 is 4.39 Å². The molecule has 1 aliphatic carbocycles. The monoisotopic (exact) mass is 495 g/mol. The second-order valence-corrected chi connectivity index (χ2v) is 11.0. The van der Waals surface area contributed by atoms with Crippen LogP contribution in [-0.2, 0) is 4.79 Å². The molecular formula is C26H26FN3O2S2. The van der Waals surface area contributed by atoms with Crippen molar-refractivity contribution in [3.63, 3.8) is 0 Å². The number of hydrogen-bond acceptors (Lipinski definition) is 5. The van der Waals surface area contributed by atoms with Gasteiger partial charge in [0.2, 0.25) is 5.91 Å². The Morgan fingerprint density at radius 2 is 1.85 bits per heavy atom. The summed E-state index contributed by atoms with van der Waals surface area (Å²) in [5, 5.41) is 15.1. The SMILES string of the molecule is CSc1ccc(-c2ccc3c(F)c(C(=O)NC(CC(C)C)C(=O)NC4(C#N)CC4)sc3c2)cc1. The largest absolute Gasteiger partial charge is 0.339 e. The molecule has 1 unspecified atom stereocenters. The number of nitriles is 1. The second-order valence-electron chi connectivity index (χ2n) is 9.02. The van der Waals surface area contributed by atoms with Gasteiger partial charge in [0.15, 0.2) is 5.82 Å². The number of nitrogens with one attached hydrogen (secondary N) is 2. The van der Waals surface area contributed by atoms with Crippen molar-refractivity contribution >= 4 is 45.0 Å². The van der Waals surface area contributed by atoms with Crippen molar-refractivity contribution in [1.29, 1.82) is 5.26 Å². The predicted octanol–water partition coefficient (Wildman–Crippen LogP) is 5.75. The quantitative estimate of drug-likeness (QED) is 0.390. The fourth-order valence-electron chi connectivity index (χ4n) is 3.81. The molecule has 5 nitrogen and oxygen atoms in total. The molecule has 0 radical (unpaired) electrons. The van der Waals surface area contributed by atoms with E-state index in [4.69, 9.17) is 0 Å². The fourth-order valence-corrected chi connectivity index (χ4v) is 5.25. The molecule has 8 heteroatoms. The van der Waals surface area contributed by atoms with Gasteiger partial charge in [-0.15, -0.1) is 23.1 Å². The lowest BCUT2D eigenvalue weighted by atomic mass is 10.0. The average Bonchev–Trinajstić information content (AvgIpc) is 3.53. The van der Waals surface area contributed by atoms with Crippen molar-refractivity contribution in [2.24, 2.45) is 5.92 Å². The molecular weight excluding hydrogens is 469 g/mol. The van der Waals surface area contributed by atoms with E-state index in [2.05, 4.69) is 16.7 Å². The van der Waals surface area contributed by atoms with Gasteiger partial charge in [-0.1, -0.05) is 32.0 Å². The summed E-state index contributed by atoms with van der Waals surface area (Å²) in [4.78, 5) is 26.9. The van der Waals surface area contributed by atoms with Gasteiger partial charge < -0.3 is 10.6 Å². The summed E-state index contributed by atoms with van der Waals surface area (Å²) in [6.45, 7) is 3.88. The van der Waals surface area contributed by atoms with Crippen LogP contribution in [0.2, 0.25) is 0 Å². The third kappa shape index (κ3) is 5.11. The van der Waals surface area contributed by atoms with Crippen LogP contribution in [0.3, 0.4) is 0 Å². The predicted molar refractivity (Wildman–Crippen MR) is 135 cm³/mol. The molecule has 1 saturated carbocycles. The summed E-state index contributed by atoms with van der Waals surface area (Å²) in [7, 11) is 0. The molecule has 0 aliphatic heterocycles. The topological polar surface area (TPSA) is 82.0 Å². The highest BCUT2D eigenvalue weighted by Crippen LogP contribution is 2.35. The lowest BCUT2D eigenvalue weighted by Crippen LogP contribution is -2.50. The summed E-state index contributed by atoms with van der Waals surface area (Å²) in [5.41, 5.74) is 1.13. The molecule has 0 bridgehead atoms. The van der Waals surface area contributed by atoms with Crippen molar-refractivity contribution in [2.45, 2.75) is 49.6 Å². The van der Waals surface area contributed by atoms with Crippen LogP contribution in [0.1, 0.15) is 42.8 Å². The van der Waals surface area contributed by atoms with Gasteiger partial charge in [-0.05, 0) is 66.8 Å². The normalized spacial score (nSPS) is 15.1. The van der Waals surface area contributed by atoms with Gasteiger partial charge in [-0.2, -0.15) is 5.26 Å². The van der Waals surface area contributed by atoms with Crippen molar-refractivity contribution in [3.05, 3.63) is 53.2 Å². The maximum atomic E-state index is 15.2. The lowest BCUT2D eigenvalue weighted by molar-refractivity contribution is -0.123. The van der Waals surface area contributed by atoms with Gasteiger partial charge in [0.1, 0.15) is 16.5 Å². The minimum Gasteiger partial charge on any atom is -0.339 e. The molecule has 2 amide bonds. The highest BCUT2D eigenvalue weighted by atomic mass is 32.2. The number of carbonyl (C=O) groups excluding carboxylic acids is 2. The number of fused-ring (bicyclic) bond motifs is 1. The minimum atomic E-state index is -0.839. The Morgan fingerprint density at radius 3 is 2.44 bits per heavy atom. The first-order valence-corrected chi connectivity index (χ1v) is 13.2. The molecule has 2 N–H and O–H groups in total. The molecule has 1 heterocycles. The van der Waals surface area contributed by atoms with Crippen LogP contribution < -0.4 is 10.6 Å². The van der Waals surface area contributed by atoms with Crippen LogP contribution in [0, 0.1) is 23.1 Å². The number of rotatable bonds is 8. The first-order valence-electron chi connectivity index (χ1n) is 11.2. The lowest BCUT2D eigenvalue weighted by Gasteiger charge is -2.21. The zero-order valence-corrected chi connectivity index (χ0v) is 20.9. The van der Waals surface area contributed by atoms with Crippen LogP contribution in [0.25, 0.3) is 21.2 Å². The van der Waals surface area contributed by atoms with Gasteiger partial charge >= 0.3 is 0 Å². The van der Waals surface area contributed by atoms with E-state index in [-0.39, 0.29) is 10.8 Å². The third-order valence-corrected chi connectivity index (χ3v) is 7.78. The van der Waals surface area contributed by atoms with E-state index in [1.165, 1.54) is 0 Å². The number of carbonyl (C=O) groups is 2. The summed E-state index contributed by atoms with van der Waals surface area (Å²) in [6, 6.07) is 14.8. The van der Waals surface area contributed by atoms with Crippen LogP contribution in [-0.4, -0.2) is 29.7 Å². The Morgan fingerprint density at radius 1 is 1.18 bits per heavy atom. The van der Waals surface area contributed by atoms with E-state index in [9.17, 15) is 14.9 Å². The third-order valence-electron chi connectivity index (χ3n) is 5.91. The van der Waals surface area contributed by atoms with Crippen molar-refractivity contribution in [2.75, 3.05) is 6.26 Å². The van der Waals surface area contributed by atoms with Crippen LogP contribution in [0.5, 0.6) is 0 Å². The highest BCUT2D eigenvalue weighted by Gasteiger charge is 2.45. The molecule has 176 valence electrons. The number of nitrogens with zero attached hydrogens (tertiary/aromatic N) is 1. The molecule has 1 aliphatic rings. The number of thiophene rings is 1. The molecule has 4 rings (SSSR count). The molecule has 1 aromatic heterocycles. The molecule has 0 spiro atoms. The molecule has 34 heavy (non-hydrogen) atoms. The number of amides is 2. The number of halogens is 1. The van der Waals surface area contributed by atoms with Crippen LogP contribution in [0.4, 0.5) is 4.39 Å². The molecule has 2 aromatic carbocycles. The van der Waals surface area contributed by atoms with E-state index in [1.807, 2.05) is 56.5 Å². The average molecular weight is 496 g/mol. The van der Waals surface area contributed by atoms with Gasteiger partial charge in [-0.3, -0.25) is 9.59 Å². The zero-order chi connectivity index (χ0) is 24.5. The fraction of sp³-hybridized carbons (Fsp3) is 0.346. The Labute approximate surface area is 206 Å². The van der Waals surface area contributed by atoms with E-state index in [0.29, 0.717) is 29.3 Å². The van der Waals surface area contributed by atoms with Gasteiger partial charge in [0, 0.05) is 15.0 Å². The molecule has 1 atom stereocenters. The zero-order valence-electron chi connectivity index (χ0n) is 19.3. The Bertz CT molecular complexity index is 1270. The maximum absolute atomic E-state index is 15.2. The van der Waals surface area contributed by atoms with Gasteiger partial charge in [0.05, 0.1) is 6.07 Å². The first-order chi connectivity index (χ1) is 16.2. The maximum Gasteiger partial charge on any atom is 0.265 e. The molecule has 1 fully saturated rings. The van der Waals surface area contributed by atoms with E-state index < -0.39 is 29.2 Å². The second kappa shape index (κ2) is 9.77. The first kappa shape index (κ1) is 24.2. The highest BCUT2D eigenvalue weighted by molar-refractivity contribution is 7.98. The minimum absolute atomic E-state index is 0.0483. The number of benzene rings is 2. The van der Waals surface area contributed by atoms with Gasteiger partial charge in [-0.25, -0.2) is 4.39 Å². The van der Waals surface area contributed by atoms with Crippen LogP contribution in [0.15, 0.2) is 47.4 Å². The van der Waals surface area contributed by atoms with Crippen molar-refractivity contribution < 1.29 is 14.0 Å². The molecule has 3 aromatic rings. The molecule has 0 saturated heterocycles. The summed E-state index contributed by atoms with van der Waals surface area (Å²) < 4.78 is 15.8. The van der Waals surface area contributed by atoms with E-state index in [0.717, 1.165) is 27.4 Å². The van der Waals surface area contributed by atoms with Crippen molar-refractivity contribution in [1.82, 2.24) is 10.6 Å². The standard InChI is InChI=1S/C26H26FN3O2S2/c1-15(2)12-20(24(31)30-26(14-28)10-11-26)29-25(32)23-22(27)19-9-6-17(13-21(19)34-23)16-4-7-18(33-3)8-5-16/h4-9,13,15,20H,10-12H2,1-3H3,(H,29,32)(H,30,31). The summed E-state index contributed by atoms with van der Waals surface area (Å²) >= 11 is 2.74. The Hall–Kier alpha value is -2.89. The smallest absolute Gasteiger partial charge is 0.265 e. The van der Waals surface area contributed by atoms with E-state index in [1.54, 1.807) is 17.8 Å². The van der Waals surface area contributed by atoms with Gasteiger partial charge in [0.25, 0.3) is 5.91 Å². The Kier molecular flexibility index (Phi) is 6.96. The van der Waals surface area contributed by atoms with Crippen molar-refractivity contribution in [3.8, 4) is 17.2 Å². The van der Waals surface area contributed by atoms with Crippen LogP contribution >= 0.6 is 23.1 Å². The summed E-state index contributed by atoms with van der Waals surface area (Å²) in [5.74, 6) is -1.48. The number of thioether (sulfide) groups is 1. The number of hydrogen-bond donors (Lipinski definition) is 2. The Balaban J connectivity index is 1.57.